The molecule has 68 valence electrons. The van der Waals surface area contributed by atoms with Crippen molar-refractivity contribution < 1.29 is 4.79 Å². The second-order valence-electron chi connectivity index (χ2n) is 2.60. The standard InChI is InChI=1S/C10H17NO/c1-3-8-11-9-6-4-5-7-10(2)12/h4-7,11H,3,8-9H2,1-2H3/b6-4+,7-5-. The lowest BCUT2D eigenvalue weighted by Gasteiger charge is -1.94. The highest BCUT2D eigenvalue weighted by atomic mass is 16.1. The first-order valence-electron chi connectivity index (χ1n) is 4.32. The first-order valence-corrected chi connectivity index (χ1v) is 4.32. The van der Waals surface area contributed by atoms with E-state index in [1.807, 2.05) is 12.2 Å². The van der Waals surface area contributed by atoms with E-state index >= 15 is 0 Å². The van der Waals surface area contributed by atoms with Gasteiger partial charge in [-0.25, -0.2) is 0 Å². The van der Waals surface area contributed by atoms with E-state index in [9.17, 15) is 4.79 Å². The van der Waals surface area contributed by atoms with Gasteiger partial charge in [0.1, 0.15) is 0 Å². The summed E-state index contributed by atoms with van der Waals surface area (Å²) in [5, 5.41) is 3.22. The van der Waals surface area contributed by atoms with Crippen molar-refractivity contribution in [3.63, 3.8) is 0 Å². The lowest BCUT2D eigenvalue weighted by atomic mass is 10.3. The van der Waals surface area contributed by atoms with Crippen LogP contribution in [0.4, 0.5) is 0 Å². The average molecular weight is 167 g/mol. The molecule has 0 saturated heterocycles. The minimum atomic E-state index is 0.0844. The van der Waals surface area contributed by atoms with E-state index < -0.39 is 0 Å². The number of ketones is 1. The fraction of sp³-hybridized carbons (Fsp3) is 0.500. The van der Waals surface area contributed by atoms with Crippen LogP contribution in [0.5, 0.6) is 0 Å². The zero-order chi connectivity index (χ0) is 9.23. The summed E-state index contributed by atoms with van der Waals surface area (Å²) in [6.07, 6.45) is 8.34. The van der Waals surface area contributed by atoms with Gasteiger partial charge >= 0.3 is 0 Å². The maximum Gasteiger partial charge on any atom is 0.152 e. The molecule has 0 heterocycles. The van der Waals surface area contributed by atoms with Crippen molar-refractivity contribution >= 4 is 5.78 Å². The summed E-state index contributed by atoms with van der Waals surface area (Å²) in [4.78, 5) is 10.4. The van der Waals surface area contributed by atoms with Crippen LogP contribution in [-0.4, -0.2) is 18.9 Å². The summed E-state index contributed by atoms with van der Waals surface area (Å²) < 4.78 is 0. The van der Waals surface area contributed by atoms with Gasteiger partial charge in [-0.3, -0.25) is 4.79 Å². The Morgan fingerprint density at radius 2 is 2.17 bits per heavy atom. The third kappa shape index (κ3) is 9.11. The molecule has 0 unspecified atom stereocenters. The first-order chi connectivity index (χ1) is 5.77. The molecule has 0 fully saturated rings. The Kier molecular flexibility index (Phi) is 7.60. The maximum absolute atomic E-state index is 10.4. The Bertz CT molecular complexity index is 171. The summed E-state index contributed by atoms with van der Waals surface area (Å²) in [7, 11) is 0. The van der Waals surface area contributed by atoms with Crippen LogP contribution < -0.4 is 5.32 Å². The zero-order valence-corrected chi connectivity index (χ0v) is 7.84. The predicted molar refractivity (Wildman–Crippen MR) is 52.1 cm³/mol. The minimum Gasteiger partial charge on any atom is -0.313 e. The number of carbonyl (C=O) groups is 1. The fourth-order valence-corrected chi connectivity index (χ4v) is 0.700. The summed E-state index contributed by atoms with van der Waals surface area (Å²) >= 11 is 0. The number of allylic oxidation sites excluding steroid dienone is 3. The molecule has 0 aromatic rings. The SMILES string of the molecule is CCCNC/C=C/C=C\C(C)=O. The van der Waals surface area contributed by atoms with Gasteiger partial charge in [0.25, 0.3) is 0 Å². The molecule has 0 aliphatic rings. The molecule has 0 aromatic carbocycles. The van der Waals surface area contributed by atoms with E-state index in [1.165, 1.54) is 0 Å². The van der Waals surface area contributed by atoms with Crippen molar-refractivity contribution in [1.82, 2.24) is 5.32 Å². The average Bonchev–Trinajstić information content (AvgIpc) is 2.02. The van der Waals surface area contributed by atoms with Crippen LogP contribution in [0.3, 0.4) is 0 Å². The van der Waals surface area contributed by atoms with Crippen molar-refractivity contribution in [3.8, 4) is 0 Å². The van der Waals surface area contributed by atoms with Gasteiger partial charge in [-0.15, -0.1) is 0 Å². The molecule has 0 atom stereocenters. The highest BCUT2D eigenvalue weighted by Gasteiger charge is 1.78. The number of rotatable bonds is 6. The van der Waals surface area contributed by atoms with Gasteiger partial charge in [-0.05, 0) is 26.0 Å². The Morgan fingerprint density at radius 1 is 1.42 bits per heavy atom. The molecule has 12 heavy (non-hydrogen) atoms. The molecule has 0 saturated carbocycles. The number of nitrogens with one attached hydrogen (secondary N) is 1. The topological polar surface area (TPSA) is 29.1 Å². The normalized spacial score (nSPS) is 11.5. The fourth-order valence-electron chi connectivity index (χ4n) is 0.700. The van der Waals surface area contributed by atoms with E-state index in [-0.39, 0.29) is 5.78 Å². The van der Waals surface area contributed by atoms with Crippen molar-refractivity contribution in [2.24, 2.45) is 0 Å². The molecule has 0 rings (SSSR count). The van der Waals surface area contributed by atoms with Gasteiger partial charge in [-0.1, -0.05) is 25.2 Å². The molecule has 2 nitrogen and oxygen atoms in total. The van der Waals surface area contributed by atoms with Crippen molar-refractivity contribution in [2.45, 2.75) is 20.3 Å². The minimum absolute atomic E-state index is 0.0844. The van der Waals surface area contributed by atoms with Gasteiger partial charge in [0.05, 0.1) is 0 Å². The Morgan fingerprint density at radius 3 is 2.75 bits per heavy atom. The Labute approximate surface area is 74.4 Å². The van der Waals surface area contributed by atoms with E-state index in [0.29, 0.717) is 0 Å². The summed E-state index contributed by atoms with van der Waals surface area (Å²) in [5.41, 5.74) is 0. The largest absolute Gasteiger partial charge is 0.313 e. The van der Waals surface area contributed by atoms with Crippen LogP contribution in [0.2, 0.25) is 0 Å². The molecule has 0 aromatic heterocycles. The number of hydrogen-bond acceptors (Lipinski definition) is 2. The van der Waals surface area contributed by atoms with Crippen LogP contribution in [0.1, 0.15) is 20.3 Å². The van der Waals surface area contributed by atoms with Gasteiger partial charge < -0.3 is 5.32 Å². The third-order valence-corrected chi connectivity index (χ3v) is 1.27. The quantitative estimate of drug-likeness (QED) is 0.370. The van der Waals surface area contributed by atoms with Crippen LogP contribution in [0.15, 0.2) is 24.3 Å². The lowest BCUT2D eigenvalue weighted by Crippen LogP contribution is -2.13. The molecule has 0 spiro atoms. The predicted octanol–water partition coefficient (Wildman–Crippen LogP) is 1.69. The smallest absolute Gasteiger partial charge is 0.152 e. The van der Waals surface area contributed by atoms with Gasteiger partial charge in [-0.2, -0.15) is 0 Å². The number of hydrogen-bond donors (Lipinski definition) is 1. The second-order valence-corrected chi connectivity index (χ2v) is 2.60. The lowest BCUT2D eigenvalue weighted by molar-refractivity contribution is -0.112. The number of carbonyl (C=O) groups excluding carboxylic acids is 1. The van der Waals surface area contributed by atoms with E-state index in [4.69, 9.17) is 0 Å². The molecule has 0 aliphatic heterocycles. The van der Waals surface area contributed by atoms with Crippen LogP contribution >= 0.6 is 0 Å². The van der Waals surface area contributed by atoms with Crippen LogP contribution in [-0.2, 0) is 4.79 Å². The summed E-state index contributed by atoms with van der Waals surface area (Å²) in [6.45, 7) is 5.59. The van der Waals surface area contributed by atoms with Gasteiger partial charge in [0, 0.05) is 6.54 Å². The molecular formula is C10H17NO. The zero-order valence-electron chi connectivity index (χ0n) is 7.84. The van der Waals surface area contributed by atoms with Gasteiger partial charge in [0.2, 0.25) is 0 Å². The Balaban J connectivity index is 3.31. The van der Waals surface area contributed by atoms with E-state index in [2.05, 4.69) is 12.2 Å². The van der Waals surface area contributed by atoms with Crippen molar-refractivity contribution in [3.05, 3.63) is 24.3 Å². The highest BCUT2D eigenvalue weighted by Crippen LogP contribution is 1.78. The molecule has 0 bridgehead atoms. The maximum atomic E-state index is 10.4. The highest BCUT2D eigenvalue weighted by molar-refractivity contribution is 5.87. The monoisotopic (exact) mass is 167 g/mol. The van der Waals surface area contributed by atoms with Crippen molar-refractivity contribution in [2.75, 3.05) is 13.1 Å². The van der Waals surface area contributed by atoms with Crippen LogP contribution in [0.25, 0.3) is 0 Å². The van der Waals surface area contributed by atoms with E-state index in [0.717, 1.165) is 19.5 Å². The third-order valence-electron chi connectivity index (χ3n) is 1.27. The molecular weight excluding hydrogens is 150 g/mol. The summed E-state index contributed by atoms with van der Waals surface area (Å²) in [6, 6.07) is 0. The second kappa shape index (κ2) is 8.21. The molecule has 2 heteroatoms. The molecule has 0 aliphatic carbocycles. The van der Waals surface area contributed by atoms with Crippen LogP contribution in [0, 0.1) is 0 Å². The summed E-state index contributed by atoms with van der Waals surface area (Å²) in [5.74, 6) is 0.0844. The van der Waals surface area contributed by atoms with E-state index in [1.54, 1.807) is 19.1 Å². The first kappa shape index (κ1) is 11.1. The van der Waals surface area contributed by atoms with Gasteiger partial charge in [0.15, 0.2) is 5.78 Å². The molecule has 0 radical (unpaired) electrons. The molecule has 1 N–H and O–H groups in total. The Hall–Kier alpha value is -0.890. The van der Waals surface area contributed by atoms with Crippen molar-refractivity contribution in [1.29, 1.82) is 0 Å². The molecule has 0 amide bonds.